The Morgan fingerprint density at radius 3 is 2.94 bits per heavy atom. The van der Waals surface area contributed by atoms with E-state index < -0.39 is 0 Å². The van der Waals surface area contributed by atoms with Crippen LogP contribution in [0.1, 0.15) is 24.7 Å². The molecule has 3 rings (SSSR count). The van der Waals surface area contributed by atoms with E-state index in [1.807, 2.05) is 29.9 Å². The van der Waals surface area contributed by atoms with Crippen molar-refractivity contribution in [2.75, 3.05) is 13.1 Å². The summed E-state index contributed by atoms with van der Waals surface area (Å²) in [4.78, 5) is 4.51. The Morgan fingerprint density at radius 1 is 1.41 bits per heavy atom. The number of nitrogens with one attached hydrogen (secondary N) is 1. The fraction of sp³-hybridized carbons (Fsp3) is 0.500. The molecule has 0 atom stereocenters. The van der Waals surface area contributed by atoms with Gasteiger partial charge in [0.05, 0.1) is 5.69 Å². The fourth-order valence-corrected chi connectivity index (χ4v) is 2.27. The van der Waals surface area contributed by atoms with Crippen LogP contribution in [0.3, 0.4) is 0 Å². The number of nitrogens with zero attached hydrogens (tertiary/aromatic N) is 3. The summed E-state index contributed by atoms with van der Waals surface area (Å²) in [5.74, 6) is 1.88. The predicted octanol–water partition coefficient (Wildman–Crippen LogP) is 1.54. The lowest BCUT2D eigenvalue weighted by Gasteiger charge is -2.18. The molecule has 0 saturated carbocycles. The Balaban J connectivity index is 1.85. The molecule has 0 aliphatic carbocycles. The molecule has 1 aliphatic rings. The molecule has 0 amide bonds. The molecule has 1 saturated heterocycles. The molecule has 5 nitrogen and oxygen atoms in total. The van der Waals surface area contributed by atoms with Crippen LogP contribution in [0.5, 0.6) is 0 Å². The molecule has 17 heavy (non-hydrogen) atoms. The Hall–Kier alpha value is -1.62. The minimum Gasteiger partial charge on any atom is -0.348 e. The second kappa shape index (κ2) is 4.33. The van der Waals surface area contributed by atoms with Crippen molar-refractivity contribution in [2.45, 2.75) is 18.8 Å². The van der Waals surface area contributed by atoms with Gasteiger partial charge in [0.2, 0.25) is 11.7 Å². The lowest BCUT2D eigenvalue weighted by atomic mass is 9.98. The molecular formula is C12H16N4O. The van der Waals surface area contributed by atoms with Crippen molar-refractivity contribution in [3.63, 3.8) is 0 Å². The summed E-state index contributed by atoms with van der Waals surface area (Å²) in [5.41, 5.74) is 0.994. The van der Waals surface area contributed by atoms with Crippen molar-refractivity contribution < 1.29 is 4.52 Å². The number of aromatic nitrogens is 3. The minimum atomic E-state index is 0.415. The number of aryl methyl sites for hydroxylation is 1. The van der Waals surface area contributed by atoms with E-state index in [4.69, 9.17) is 4.52 Å². The average Bonchev–Trinajstić information content (AvgIpc) is 2.98. The summed E-state index contributed by atoms with van der Waals surface area (Å²) in [7, 11) is 1.98. The first kappa shape index (κ1) is 10.5. The highest BCUT2D eigenvalue weighted by molar-refractivity contribution is 5.49. The molecule has 0 bridgehead atoms. The van der Waals surface area contributed by atoms with Gasteiger partial charge in [0.15, 0.2) is 0 Å². The van der Waals surface area contributed by atoms with E-state index in [0.717, 1.165) is 37.5 Å². The second-order valence-electron chi connectivity index (χ2n) is 4.48. The number of hydrogen-bond acceptors (Lipinski definition) is 4. The summed E-state index contributed by atoms with van der Waals surface area (Å²) in [5, 5.41) is 7.40. The predicted molar refractivity (Wildman–Crippen MR) is 63.5 cm³/mol. The molecule has 1 N–H and O–H groups in total. The molecule has 2 aromatic heterocycles. The maximum atomic E-state index is 5.38. The molecule has 0 radical (unpaired) electrons. The summed E-state index contributed by atoms with van der Waals surface area (Å²) >= 11 is 0. The molecule has 1 aliphatic heterocycles. The van der Waals surface area contributed by atoms with Crippen LogP contribution in [0.2, 0.25) is 0 Å². The lowest BCUT2D eigenvalue weighted by molar-refractivity contribution is 0.320. The quantitative estimate of drug-likeness (QED) is 0.853. The molecule has 1 fully saturated rings. The van der Waals surface area contributed by atoms with Gasteiger partial charge in [0.25, 0.3) is 0 Å². The van der Waals surface area contributed by atoms with Crippen molar-refractivity contribution in [1.29, 1.82) is 0 Å². The first-order chi connectivity index (χ1) is 8.34. The van der Waals surface area contributed by atoms with Crippen LogP contribution in [-0.2, 0) is 7.05 Å². The van der Waals surface area contributed by atoms with E-state index >= 15 is 0 Å². The van der Waals surface area contributed by atoms with E-state index in [0.29, 0.717) is 11.7 Å². The normalized spacial score (nSPS) is 17.5. The first-order valence-electron chi connectivity index (χ1n) is 6.00. The zero-order chi connectivity index (χ0) is 11.7. The zero-order valence-corrected chi connectivity index (χ0v) is 9.89. The van der Waals surface area contributed by atoms with E-state index in [9.17, 15) is 0 Å². The van der Waals surface area contributed by atoms with Crippen LogP contribution in [0.4, 0.5) is 0 Å². The van der Waals surface area contributed by atoms with Gasteiger partial charge in [-0.05, 0) is 38.1 Å². The molecule has 90 valence electrons. The van der Waals surface area contributed by atoms with Crippen molar-refractivity contribution in [3.8, 4) is 11.5 Å². The summed E-state index contributed by atoms with van der Waals surface area (Å²) in [6.45, 7) is 2.07. The number of piperidine rings is 1. The maximum absolute atomic E-state index is 5.38. The summed E-state index contributed by atoms with van der Waals surface area (Å²) in [6.07, 6.45) is 4.14. The fourth-order valence-electron chi connectivity index (χ4n) is 2.27. The van der Waals surface area contributed by atoms with Gasteiger partial charge in [0, 0.05) is 19.2 Å². The number of hydrogen-bond donors (Lipinski definition) is 1. The summed E-state index contributed by atoms with van der Waals surface area (Å²) in [6, 6.07) is 3.98. The standard InChI is InChI=1S/C12H16N4O/c1-16-8-2-3-10(16)11-14-12(17-15-11)9-4-6-13-7-5-9/h2-3,8-9,13H,4-7H2,1H3. The largest absolute Gasteiger partial charge is 0.348 e. The molecule has 2 aromatic rings. The molecule has 3 heterocycles. The van der Waals surface area contributed by atoms with Gasteiger partial charge in [-0.2, -0.15) is 4.98 Å². The topological polar surface area (TPSA) is 55.9 Å². The van der Waals surface area contributed by atoms with Gasteiger partial charge in [-0.15, -0.1) is 0 Å². The summed E-state index contributed by atoms with van der Waals surface area (Å²) < 4.78 is 7.38. The van der Waals surface area contributed by atoms with Gasteiger partial charge in [0.1, 0.15) is 0 Å². The van der Waals surface area contributed by atoms with Crippen molar-refractivity contribution in [1.82, 2.24) is 20.0 Å². The van der Waals surface area contributed by atoms with Crippen molar-refractivity contribution >= 4 is 0 Å². The lowest BCUT2D eigenvalue weighted by Crippen LogP contribution is -2.26. The van der Waals surface area contributed by atoms with E-state index in [2.05, 4.69) is 15.5 Å². The highest BCUT2D eigenvalue weighted by Crippen LogP contribution is 2.25. The van der Waals surface area contributed by atoms with E-state index in [-0.39, 0.29) is 0 Å². The van der Waals surface area contributed by atoms with Gasteiger partial charge in [-0.1, -0.05) is 5.16 Å². The smallest absolute Gasteiger partial charge is 0.230 e. The maximum Gasteiger partial charge on any atom is 0.230 e. The van der Waals surface area contributed by atoms with E-state index in [1.54, 1.807) is 0 Å². The molecule has 0 spiro atoms. The van der Waals surface area contributed by atoms with Crippen LogP contribution in [0, 0.1) is 0 Å². The monoisotopic (exact) mass is 232 g/mol. The Morgan fingerprint density at radius 2 is 2.24 bits per heavy atom. The van der Waals surface area contributed by atoms with Gasteiger partial charge >= 0.3 is 0 Å². The number of rotatable bonds is 2. The van der Waals surface area contributed by atoms with Crippen molar-refractivity contribution in [2.24, 2.45) is 7.05 Å². The third-order valence-electron chi connectivity index (χ3n) is 3.30. The molecule has 0 aromatic carbocycles. The van der Waals surface area contributed by atoms with Gasteiger partial charge in [-0.3, -0.25) is 0 Å². The Kier molecular flexibility index (Phi) is 2.68. The van der Waals surface area contributed by atoms with Gasteiger partial charge in [-0.25, -0.2) is 0 Å². The highest BCUT2D eigenvalue weighted by Gasteiger charge is 2.22. The van der Waals surface area contributed by atoms with E-state index in [1.165, 1.54) is 0 Å². The first-order valence-corrected chi connectivity index (χ1v) is 6.00. The third kappa shape index (κ3) is 1.98. The zero-order valence-electron chi connectivity index (χ0n) is 9.89. The third-order valence-corrected chi connectivity index (χ3v) is 3.30. The van der Waals surface area contributed by atoms with Gasteiger partial charge < -0.3 is 14.4 Å². The minimum absolute atomic E-state index is 0.415. The second-order valence-corrected chi connectivity index (χ2v) is 4.48. The Labute approximate surface area is 99.8 Å². The SMILES string of the molecule is Cn1cccc1-c1noc(C2CCNCC2)n1. The average molecular weight is 232 g/mol. The molecule has 5 heteroatoms. The molecule has 0 unspecified atom stereocenters. The van der Waals surface area contributed by atoms with Crippen LogP contribution >= 0.6 is 0 Å². The Bertz CT molecular complexity index is 496. The van der Waals surface area contributed by atoms with Crippen LogP contribution in [0.25, 0.3) is 11.5 Å². The van der Waals surface area contributed by atoms with Crippen LogP contribution < -0.4 is 5.32 Å². The van der Waals surface area contributed by atoms with Crippen LogP contribution in [0.15, 0.2) is 22.9 Å². The van der Waals surface area contributed by atoms with Crippen LogP contribution in [-0.4, -0.2) is 27.8 Å². The van der Waals surface area contributed by atoms with Crippen molar-refractivity contribution in [3.05, 3.63) is 24.2 Å². The highest BCUT2D eigenvalue weighted by atomic mass is 16.5. The molecular weight excluding hydrogens is 216 g/mol.